The second-order valence-corrected chi connectivity index (χ2v) is 8.83. The first kappa shape index (κ1) is 22.9. The van der Waals surface area contributed by atoms with Crippen LogP contribution >= 0.6 is 0 Å². The summed E-state index contributed by atoms with van der Waals surface area (Å²) in [5.41, 5.74) is -1.69. The zero-order valence-corrected chi connectivity index (χ0v) is 18.7. The highest BCUT2D eigenvalue weighted by molar-refractivity contribution is 6.11. The molecule has 1 aromatic carbocycles. The van der Waals surface area contributed by atoms with Gasteiger partial charge in [-0.1, -0.05) is 19.8 Å². The Morgan fingerprint density at radius 1 is 1.24 bits per heavy atom. The first-order chi connectivity index (χ1) is 15.7. The van der Waals surface area contributed by atoms with Crippen molar-refractivity contribution >= 4 is 23.4 Å². The van der Waals surface area contributed by atoms with Crippen LogP contribution in [-0.4, -0.2) is 50.3 Å². The number of nitrogens with zero attached hydrogens (tertiary/aromatic N) is 3. The summed E-state index contributed by atoms with van der Waals surface area (Å²) in [5.74, 6) is -3.10. The van der Waals surface area contributed by atoms with Crippen molar-refractivity contribution in [1.82, 2.24) is 19.8 Å². The molecule has 2 N–H and O–H groups in total. The molecular formula is C23H27F2N5O3. The monoisotopic (exact) mass is 459 g/mol. The van der Waals surface area contributed by atoms with Gasteiger partial charge < -0.3 is 20.1 Å². The van der Waals surface area contributed by atoms with Crippen LogP contribution in [0.2, 0.25) is 0 Å². The van der Waals surface area contributed by atoms with Gasteiger partial charge >= 0.3 is 0 Å². The van der Waals surface area contributed by atoms with Crippen molar-refractivity contribution in [3.05, 3.63) is 47.5 Å². The summed E-state index contributed by atoms with van der Waals surface area (Å²) in [5, 5.41) is 5.36. The third-order valence-corrected chi connectivity index (χ3v) is 6.38. The maximum atomic E-state index is 14.0. The molecule has 176 valence electrons. The lowest BCUT2D eigenvalue weighted by molar-refractivity contribution is -0.133. The van der Waals surface area contributed by atoms with E-state index in [1.165, 1.54) is 15.8 Å². The van der Waals surface area contributed by atoms with Crippen molar-refractivity contribution in [2.75, 3.05) is 11.9 Å². The molecule has 1 unspecified atom stereocenters. The molecule has 1 aliphatic heterocycles. The van der Waals surface area contributed by atoms with Crippen LogP contribution in [0.5, 0.6) is 0 Å². The third kappa shape index (κ3) is 4.21. The van der Waals surface area contributed by atoms with Gasteiger partial charge in [0, 0.05) is 18.7 Å². The minimum Gasteiger partial charge on any atom is -0.351 e. The van der Waals surface area contributed by atoms with E-state index in [9.17, 15) is 23.2 Å². The van der Waals surface area contributed by atoms with Crippen LogP contribution in [0.1, 0.15) is 66.9 Å². The fourth-order valence-electron chi connectivity index (χ4n) is 4.61. The van der Waals surface area contributed by atoms with Gasteiger partial charge in [0.2, 0.25) is 5.91 Å². The zero-order chi connectivity index (χ0) is 23.8. The van der Waals surface area contributed by atoms with Gasteiger partial charge in [-0.2, -0.15) is 0 Å². The molecule has 1 aromatic heterocycles. The predicted molar refractivity (Wildman–Crippen MR) is 117 cm³/mol. The lowest BCUT2D eigenvalue weighted by Gasteiger charge is -2.44. The van der Waals surface area contributed by atoms with Crippen molar-refractivity contribution in [3.8, 4) is 0 Å². The van der Waals surface area contributed by atoms with Gasteiger partial charge in [-0.05, 0) is 38.3 Å². The molecule has 2 heterocycles. The number of carbonyl (C=O) groups excluding carboxylic acids is 3. The average molecular weight is 459 g/mol. The van der Waals surface area contributed by atoms with Gasteiger partial charge in [-0.15, -0.1) is 0 Å². The van der Waals surface area contributed by atoms with E-state index in [1.807, 2.05) is 6.92 Å². The van der Waals surface area contributed by atoms with Crippen LogP contribution in [0.25, 0.3) is 0 Å². The van der Waals surface area contributed by atoms with Gasteiger partial charge in [0.1, 0.15) is 22.9 Å². The summed E-state index contributed by atoms with van der Waals surface area (Å²) in [4.78, 5) is 45.1. The number of nitrogens with one attached hydrogen (secondary N) is 2. The predicted octanol–water partition coefficient (Wildman–Crippen LogP) is 3.10. The molecule has 0 saturated heterocycles. The number of anilines is 1. The Morgan fingerprint density at radius 2 is 1.97 bits per heavy atom. The highest BCUT2D eigenvalue weighted by Gasteiger charge is 2.49. The molecule has 2 aliphatic rings. The molecule has 1 saturated carbocycles. The first-order valence-corrected chi connectivity index (χ1v) is 11.2. The Labute approximate surface area is 190 Å². The summed E-state index contributed by atoms with van der Waals surface area (Å²) >= 11 is 0. The summed E-state index contributed by atoms with van der Waals surface area (Å²) in [6, 6.07) is 2.79. The minimum absolute atomic E-state index is 0.0175. The van der Waals surface area contributed by atoms with E-state index < -0.39 is 29.0 Å². The minimum atomic E-state index is -1.15. The Bertz CT molecular complexity index is 1100. The van der Waals surface area contributed by atoms with Gasteiger partial charge in [-0.25, -0.2) is 13.8 Å². The topological polar surface area (TPSA) is 96.3 Å². The largest absolute Gasteiger partial charge is 0.351 e. The zero-order valence-electron chi connectivity index (χ0n) is 18.7. The molecule has 3 amide bonds. The molecule has 4 rings (SSSR count). The number of rotatable bonds is 6. The summed E-state index contributed by atoms with van der Waals surface area (Å²) in [6.45, 7) is 4.06. The first-order valence-electron chi connectivity index (χ1n) is 11.2. The van der Waals surface area contributed by atoms with Crippen LogP contribution < -0.4 is 10.6 Å². The molecule has 8 nitrogen and oxygen atoms in total. The van der Waals surface area contributed by atoms with Gasteiger partial charge in [-0.3, -0.25) is 14.4 Å². The van der Waals surface area contributed by atoms with Crippen LogP contribution in [0, 0.1) is 11.6 Å². The van der Waals surface area contributed by atoms with E-state index in [1.54, 1.807) is 6.92 Å². The molecule has 1 atom stereocenters. The van der Waals surface area contributed by atoms with Crippen LogP contribution in [-0.2, 0) is 11.3 Å². The fourth-order valence-corrected chi connectivity index (χ4v) is 4.61. The lowest BCUT2D eigenvalue weighted by Crippen LogP contribution is -2.65. The van der Waals surface area contributed by atoms with Crippen LogP contribution in [0.3, 0.4) is 0 Å². The van der Waals surface area contributed by atoms with E-state index in [4.69, 9.17) is 0 Å². The quantitative estimate of drug-likeness (QED) is 0.694. The van der Waals surface area contributed by atoms with E-state index in [0.717, 1.165) is 43.9 Å². The molecule has 0 radical (unpaired) electrons. The average Bonchev–Trinajstić information content (AvgIpc) is 3.43. The number of benzene rings is 1. The van der Waals surface area contributed by atoms with E-state index in [-0.39, 0.29) is 35.6 Å². The lowest BCUT2D eigenvalue weighted by atomic mass is 9.93. The maximum absolute atomic E-state index is 14.0. The Morgan fingerprint density at radius 3 is 2.67 bits per heavy atom. The Balaban J connectivity index is 1.63. The van der Waals surface area contributed by atoms with Crippen molar-refractivity contribution in [2.45, 2.75) is 64.1 Å². The molecule has 0 bridgehead atoms. The molecule has 1 fully saturated rings. The molecule has 33 heavy (non-hydrogen) atoms. The Kier molecular flexibility index (Phi) is 6.18. The van der Waals surface area contributed by atoms with Crippen molar-refractivity contribution in [2.24, 2.45) is 0 Å². The number of amides is 3. The molecule has 1 aliphatic carbocycles. The van der Waals surface area contributed by atoms with Gasteiger partial charge in [0.05, 0.1) is 18.6 Å². The summed E-state index contributed by atoms with van der Waals surface area (Å²) in [7, 11) is 0. The second-order valence-electron chi connectivity index (χ2n) is 8.83. The van der Waals surface area contributed by atoms with Crippen molar-refractivity contribution in [3.63, 3.8) is 0 Å². The number of aromatic nitrogens is 2. The van der Waals surface area contributed by atoms with Crippen LogP contribution in [0.4, 0.5) is 14.5 Å². The van der Waals surface area contributed by atoms with Gasteiger partial charge in [0.25, 0.3) is 11.8 Å². The van der Waals surface area contributed by atoms with E-state index >= 15 is 0 Å². The molecule has 2 aromatic rings. The number of halogens is 2. The third-order valence-electron chi connectivity index (χ3n) is 6.38. The molecular weight excluding hydrogens is 432 g/mol. The normalized spacial score (nSPS) is 20.6. The fraction of sp³-hybridized carbons (Fsp3) is 0.478. The summed E-state index contributed by atoms with van der Waals surface area (Å²) < 4.78 is 28.9. The highest BCUT2D eigenvalue weighted by atomic mass is 19.1. The van der Waals surface area contributed by atoms with Gasteiger partial charge in [0.15, 0.2) is 5.69 Å². The number of hydrogen-bond donors (Lipinski definition) is 2. The Hall–Kier alpha value is -3.30. The standard InChI is InChI=1S/C23H27F2N5O3/c1-3-10-30-21(32)19-18(20(31)28-17-11-14(24)8-9-16(17)25)26-13-29(19)12-23(30,2)22(33)27-15-6-4-5-7-15/h8-9,11,13,15H,3-7,10,12H2,1-2H3,(H,27,33)(H,28,31). The molecule has 0 spiro atoms. The highest BCUT2D eigenvalue weighted by Crippen LogP contribution is 2.30. The smallest absolute Gasteiger partial charge is 0.276 e. The second kappa shape index (κ2) is 8.92. The molecule has 10 heteroatoms. The maximum Gasteiger partial charge on any atom is 0.276 e. The number of imidazole rings is 1. The van der Waals surface area contributed by atoms with Crippen molar-refractivity contribution < 1.29 is 23.2 Å². The van der Waals surface area contributed by atoms with Crippen LogP contribution in [0.15, 0.2) is 24.5 Å². The van der Waals surface area contributed by atoms with E-state index in [0.29, 0.717) is 13.0 Å². The SMILES string of the molecule is CCCN1C(=O)c2c(C(=O)Nc3cc(F)ccc3F)ncn2CC1(C)C(=O)NC1CCCC1. The number of fused-ring (bicyclic) bond motifs is 1. The van der Waals surface area contributed by atoms with Crippen molar-refractivity contribution in [1.29, 1.82) is 0 Å². The van der Waals surface area contributed by atoms with E-state index in [2.05, 4.69) is 15.6 Å². The number of hydrogen-bond acceptors (Lipinski definition) is 4. The summed E-state index contributed by atoms with van der Waals surface area (Å²) in [6.07, 6.45) is 5.91. The number of carbonyl (C=O) groups is 3.